The van der Waals surface area contributed by atoms with Crippen LogP contribution in [0.25, 0.3) is 11.0 Å². The summed E-state index contributed by atoms with van der Waals surface area (Å²) < 4.78 is 11.6. The third kappa shape index (κ3) is 4.58. The molecule has 0 radical (unpaired) electrons. The minimum atomic E-state index is 0.231. The highest BCUT2D eigenvalue weighted by Gasteiger charge is 2.15. The van der Waals surface area contributed by atoms with Gasteiger partial charge in [0, 0.05) is 18.6 Å². The van der Waals surface area contributed by atoms with Crippen LogP contribution in [-0.4, -0.2) is 19.8 Å². The van der Waals surface area contributed by atoms with Gasteiger partial charge in [-0.25, -0.2) is 0 Å². The van der Waals surface area contributed by atoms with E-state index in [0.29, 0.717) is 0 Å². The Balaban J connectivity index is 2.09. The zero-order chi connectivity index (χ0) is 15.1. The molecule has 0 amide bonds. The number of nitrogens with one attached hydrogen (secondary N) is 1. The van der Waals surface area contributed by atoms with Gasteiger partial charge < -0.3 is 14.5 Å². The fourth-order valence-electron chi connectivity index (χ4n) is 2.47. The minimum Gasteiger partial charge on any atom is -0.459 e. The summed E-state index contributed by atoms with van der Waals surface area (Å²) in [5, 5.41) is 4.75. The second-order valence-corrected chi connectivity index (χ2v) is 5.60. The van der Waals surface area contributed by atoms with Crippen LogP contribution in [0.5, 0.6) is 0 Å². The number of aryl methyl sites for hydroxylation is 1. The van der Waals surface area contributed by atoms with Crippen molar-refractivity contribution in [3.63, 3.8) is 0 Å². The molecule has 3 heteroatoms. The highest BCUT2D eigenvalue weighted by Crippen LogP contribution is 2.26. The molecule has 116 valence electrons. The molecule has 2 rings (SSSR count). The third-order valence-corrected chi connectivity index (χ3v) is 3.57. The van der Waals surface area contributed by atoms with E-state index in [1.807, 2.05) is 0 Å². The van der Waals surface area contributed by atoms with Gasteiger partial charge in [0.15, 0.2) is 0 Å². The number of hydrogen-bond acceptors (Lipinski definition) is 3. The van der Waals surface area contributed by atoms with Gasteiger partial charge in [-0.2, -0.15) is 0 Å². The topological polar surface area (TPSA) is 34.4 Å². The standard InChI is InChI=1S/C18H27NO2/c1-4-9-19-16(8-11-20-10-5-2)18-13-15-12-14(3)6-7-17(15)21-18/h6-7,12-13,16,19H,4-5,8-11H2,1-3H3. The normalized spacial score (nSPS) is 12.9. The van der Waals surface area contributed by atoms with Gasteiger partial charge in [0.2, 0.25) is 0 Å². The van der Waals surface area contributed by atoms with Crippen molar-refractivity contribution < 1.29 is 9.15 Å². The third-order valence-electron chi connectivity index (χ3n) is 3.57. The van der Waals surface area contributed by atoms with E-state index in [0.717, 1.165) is 50.4 Å². The Kier molecular flexibility index (Phi) is 6.27. The van der Waals surface area contributed by atoms with Crippen LogP contribution >= 0.6 is 0 Å². The van der Waals surface area contributed by atoms with E-state index >= 15 is 0 Å². The van der Waals surface area contributed by atoms with Crippen LogP contribution < -0.4 is 5.32 Å². The van der Waals surface area contributed by atoms with E-state index in [9.17, 15) is 0 Å². The van der Waals surface area contributed by atoms with E-state index in [-0.39, 0.29) is 6.04 Å². The monoisotopic (exact) mass is 289 g/mol. The molecule has 3 nitrogen and oxygen atoms in total. The lowest BCUT2D eigenvalue weighted by atomic mass is 10.1. The van der Waals surface area contributed by atoms with Gasteiger partial charge in [-0.05, 0) is 50.9 Å². The van der Waals surface area contributed by atoms with E-state index in [2.05, 4.69) is 50.4 Å². The maximum absolute atomic E-state index is 6.02. The Morgan fingerprint density at radius 3 is 2.76 bits per heavy atom. The zero-order valence-corrected chi connectivity index (χ0v) is 13.4. The number of ether oxygens (including phenoxy) is 1. The van der Waals surface area contributed by atoms with Crippen LogP contribution in [0.15, 0.2) is 28.7 Å². The molecule has 0 bridgehead atoms. The van der Waals surface area contributed by atoms with Crippen molar-refractivity contribution in [1.29, 1.82) is 0 Å². The van der Waals surface area contributed by atoms with E-state index in [1.165, 1.54) is 10.9 Å². The lowest BCUT2D eigenvalue weighted by Gasteiger charge is -2.16. The summed E-state index contributed by atoms with van der Waals surface area (Å²) in [5.74, 6) is 1.02. The number of rotatable bonds is 9. The molecule has 1 atom stereocenters. The van der Waals surface area contributed by atoms with Crippen molar-refractivity contribution in [2.24, 2.45) is 0 Å². The Hall–Kier alpha value is -1.32. The van der Waals surface area contributed by atoms with Crippen LogP contribution in [0.3, 0.4) is 0 Å². The second-order valence-electron chi connectivity index (χ2n) is 5.60. The molecule has 0 fully saturated rings. The van der Waals surface area contributed by atoms with E-state index in [1.54, 1.807) is 0 Å². The summed E-state index contributed by atoms with van der Waals surface area (Å²) in [7, 11) is 0. The SMILES string of the molecule is CCCNC(CCOCCC)c1cc2cc(C)ccc2o1. The predicted octanol–water partition coefficient (Wildman–Crippen LogP) is 4.60. The number of fused-ring (bicyclic) bond motifs is 1. The first kappa shape index (κ1) is 16.1. The molecule has 0 spiro atoms. The Morgan fingerprint density at radius 1 is 1.14 bits per heavy atom. The molecule has 0 saturated heterocycles. The predicted molar refractivity (Wildman–Crippen MR) is 87.7 cm³/mol. The molecule has 1 aromatic carbocycles. The van der Waals surface area contributed by atoms with Gasteiger partial charge in [-0.15, -0.1) is 0 Å². The Bertz CT molecular complexity index is 547. The number of benzene rings is 1. The second kappa shape index (κ2) is 8.20. The van der Waals surface area contributed by atoms with E-state index in [4.69, 9.17) is 9.15 Å². The molecule has 0 aliphatic carbocycles. The van der Waals surface area contributed by atoms with Gasteiger partial charge in [0.1, 0.15) is 11.3 Å². The summed E-state index contributed by atoms with van der Waals surface area (Å²) in [6.07, 6.45) is 3.13. The van der Waals surface area contributed by atoms with Gasteiger partial charge in [-0.3, -0.25) is 0 Å². The van der Waals surface area contributed by atoms with Gasteiger partial charge in [0.25, 0.3) is 0 Å². The highest BCUT2D eigenvalue weighted by atomic mass is 16.5. The molecule has 1 aromatic heterocycles. The van der Waals surface area contributed by atoms with Crippen molar-refractivity contribution in [3.8, 4) is 0 Å². The summed E-state index contributed by atoms with van der Waals surface area (Å²) >= 11 is 0. The maximum Gasteiger partial charge on any atom is 0.134 e. The first-order chi connectivity index (χ1) is 10.2. The molecule has 2 aromatic rings. The molecular weight excluding hydrogens is 262 g/mol. The van der Waals surface area contributed by atoms with Crippen LogP contribution in [-0.2, 0) is 4.74 Å². The first-order valence-corrected chi connectivity index (χ1v) is 8.05. The average molecular weight is 289 g/mol. The highest BCUT2D eigenvalue weighted by molar-refractivity contribution is 5.78. The molecule has 0 saturated carbocycles. The first-order valence-electron chi connectivity index (χ1n) is 8.05. The fourth-order valence-corrected chi connectivity index (χ4v) is 2.47. The van der Waals surface area contributed by atoms with Crippen molar-refractivity contribution in [2.75, 3.05) is 19.8 Å². The van der Waals surface area contributed by atoms with Crippen molar-refractivity contribution in [2.45, 2.75) is 46.1 Å². The smallest absolute Gasteiger partial charge is 0.134 e. The maximum atomic E-state index is 6.02. The van der Waals surface area contributed by atoms with Gasteiger partial charge in [0.05, 0.1) is 6.04 Å². The molecule has 0 aliphatic rings. The largest absolute Gasteiger partial charge is 0.459 e. The average Bonchev–Trinajstić information content (AvgIpc) is 2.89. The zero-order valence-electron chi connectivity index (χ0n) is 13.4. The van der Waals surface area contributed by atoms with Crippen LogP contribution in [0.2, 0.25) is 0 Å². The molecule has 21 heavy (non-hydrogen) atoms. The van der Waals surface area contributed by atoms with Gasteiger partial charge >= 0.3 is 0 Å². The Labute approximate surface area is 127 Å². The lowest BCUT2D eigenvalue weighted by Crippen LogP contribution is -2.23. The number of furan rings is 1. The lowest BCUT2D eigenvalue weighted by molar-refractivity contribution is 0.122. The summed E-state index contributed by atoms with van der Waals surface area (Å²) in [5.41, 5.74) is 2.23. The Morgan fingerprint density at radius 2 is 2.00 bits per heavy atom. The molecule has 1 heterocycles. The summed E-state index contributed by atoms with van der Waals surface area (Å²) in [6.45, 7) is 9.02. The quantitative estimate of drug-likeness (QED) is 0.685. The van der Waals surface area contributed by atoms with Gasteiger partial charge in [-0.1, -0.05) is 25.5 Å². The minimum absolute atomic E-state index is 0.231. The molecule has 1 unspecified atom stereocenters. The molecular formula is C18H27NO2. The summed E-state index contributed by atoms with van der Waals surface area (Å²) in [6, 6.07) is 8.71. The van der Waals surface area contributed by atoms with Crippen LogP contribution in [0.4, 0.5) is 0 Å². The van der Waals surface area contributed by atoms with Crippen molar-refractivity contribution >= 4 is 11.0 Å². The van der Waals surface area contributed by atoms with Crippen molar-refractivity contribution in [3.05, 3.63) is 35.6 Å². The summed E-state index contributed by atoms with van der Waals surface area (Å²) in [4.78, 5) is 0. The van der Waals surface area contributed by atoms with Crippen molar-refractivity contribution in [1.82, 2.24) is 5.32 Å². The van der Waals surface area contributed by atoms with E-state index < -0.39 is 0 Å². The molecule has 0 aliphatic heterocycles. The fraction of sp³-hybridized carbons (Fsp3) is 0.556. The number of hydrogen-bond donors (Lipinski definition) is 1. The molecule has 1 N–H and O–H groups in total. The van der Waals surface area contributed by atoms with Crippen LogP contribution in [0, 0.1) is 6.92 Å². The van der Waals surface area contributed by atoms with Crippen LogP contribution in [0.1, 0.15) is 50.5 Å².